The van der Waals surface area contributed by atoms with Crippen LogP contribution in [0.15, 0.2) is 188 Å². The lowest BCUT2D eigenvalue weighted by molar-refractivity contribution is 0.660. The lowest BCUT2D eigenvalue weighted by atomic mass is 9.82. The van der Waals surface area contributed by atoms with E-state index in [1.54, 1.807) is 0 Å². The van der Waals surface area contributed by atoms with Crippen LogP contribution in [0.4, 0.5) is 17.1 Å². The molecule has 10 aromatic rings. The highest BCUT2D eigenvalue weighted by molar-refractivity contribution is 7.25. The molecule has 0 saturated carbocycles. The normalized spacial score (nSPS) is 13.1. The van der Waals surface area contributed by atoms with Crippen molar-refractivity contribution in [1.29, 1.82) is 0 Å². The summed E-state index contributed by atoms with van der Waals surface area (Å²) in [7, 11) is 0. The second-order valence-corrected chi connectivity index (χ2v) is 16.4. The standard InChI is InChI=1S/C53H37NS/c1-53(2)49-16-7-5-13-45(49)46-29-28-42(33-50(46)53)54(41-26-22-36(23-27-41)44-15-9-11-35-10-3-4-12-43(35)44)40-24-20-34(21-25-40)37-18-19-38-31-48-47-14-6-8-17-51(47)55-52(48)32-39(38)30-37/h3-33H,1-2H3. The molecule has 0 amide bonds. The van der Waals surface area contributed by atoms with Gasteiger partial charge in [0, 0.05) is 42.6 Å². The van der Waals surface area contributed by atoms with Gasteiger partial charge in [0.05, 0.1) is 0 Å². The Kier molecular flexibility index (Phi) is 7.14. The van der Waals surface area contributed by atoms with Gasteiger partial charge in [-0.15, -0.1) is 11.3 Å². The molecule has 1 nitrogen and oxygen atoms in total. The minimum absolute atomic E-state index is 0.0901. The molecule has 9 aromatic carbocycles. The summed E-state index contributed by atoms with van der Waals surface area (Å²) in [6, 6.07) is 69.7. The van der Waals surface area contributed by atoms with E-state index in [-0.39, 0.29) is 5.41 Å². The first-order chi connectivity index (χ1) is 27.0. The van der Waals surface area contributed by atoms with Crippen molar-refractivity contribution in [2.45, 2.75) is 19.3 Å². The third-order valence-electron chi connectivity index (χ3n) is 11.8. The average Bonchev–Trinajstić information content (AvgIpc) is 3.71. The molecule has 0 bridgehead atoms. The number of hydrogen-bond acceptors (Lipinski definition) is 2. The average molecular weight is 720 g/mol. The summed E-state index contributed by atoms with van der Waals surface area (Å²) in [5, 5.41) is 7.76. The highest BCUT2D eigenvalue weighted by Crippen LogP contribution is 2.51. The molecule has 0 spiro atoms. The Morgan fingerprint density at radius 2 is 1.00 bits per heavy atom. The molecule has 0 fully saturated rings. The topological polar surface area (TPSA) is 3.24 Å². The van der Waals surface area contributed by atoms with Crippen molar-refractivity contribution in [3.05, 3.63) is 199 Å². The minimum atomic E-state index is -0.0901. The molecule has 55 heavy (non-hydrogen) atoms. The second kappa shape index (κ2) is 12.3. The first-order valence-corrected chi connectivity index (χ1v) is 19.9. The highest BCUT2D eigenvalue weighted by Gasteiger charge is 2.35. The van der Waals surface area contributed by atoms with Crippen molar-refractivity contribution in [1.82, 2.24) is 0 Å². The minimum Gasteiger partial charge on any atom is -0.310 e. The lowest BCUT2D eigenvalue weighted by Crippen LogP contribution is -2.16. The monoisotopic (exact) mass is 719 g/mol. The van der Waals surface area contributed by atoms with E-state index in [0.717, 1.165) is 17.1 Å². The zero-order valence-electron chi connectivity index (χ0n) is 30.8. The predicted octanol–water partition coefficient (Wildman–Crippen LogP) is 15.5. The summed E-state index contributed by atoms with van der Waals surface area (Å²) in [5.41, 5.74) is 13.6. The molecular weight excluding hydrogens is 683 g/mol. The number of fused-ring (bicyclic) bond motifs is 8. The first-order valence-electron chi connectivity index (χ1n) is 19.1. The van der Waals surface area contributed by atoms with Gasteiger partial charge in [0.15, 0.2) is 0 Å². The lowest BCUT2D eigenvalue weighted by Gasteiger charge is -2.28. The number of nitrogens with zero attached hydrogens (tertiary/aromatic N) is 1. The Morgan fingerprint density at radius 1 is 0.364 bits per heavy atom. The Balaban J connectivity index is 1.00. The van der Waals surface area contributed by atoms with Crippen LogP contribution in [0.5, 0.6) is 0 Å². The van der Waals surface area contributed by atoms with E-state index in [1.165, 1.54) is 86.2 Å². The first kappa shape index (κ1) is 32.0. The molecule has 1 heterocycles. The predicted molar refractivity (Wildman–Crippen MR) is 237 cm³/mol. The van der Waals surface area contributed by atoms with Gasteiger partial charge in [0.1, 0.15) is 0 Å². The molecule has 2 heteroatoms. The van der Waals surface area contributed by atoms with Crippen molar-refractivity contribution in [3.63, 3.8) is 0 Å². The number of rotatable bonds is 5. The largest absolute Gasteiger partial charge is 0.310 e. The molecule has 0 saturated heterocycles. The number of thiophene rings is 1. The summed E-state index contributed by atoms with van der Waals surface area (Å²) in [4.78, 5) is 2.41. The van der Waals surface area contributed by atoms with E-state index in [0.29, 0.717) is 0 Å². The van der Waals surface area contributed by atoms with E-state index in [2.05, 4.69) is 207 Å². The molecule has 0 atom stereocenters. The van der Waals surface area contributed by atoms with E-state index in [9.17, 15) is 0 Å². The molecule has 11 rings (SSSR count). The van der Waals surface area contributed by atoms with Crippen LogP contribution in [-0.4, -0.2) is 0 Å². The van der Waals surface area contributed by atoms with Crippen molar-refractivity contribution >= 4 is 70.1 Å². The molecule has 1 aliphatic rings. The molecule has 0 unspecified atom stereocenters. The fraction of sp³-hybridized carbons (Fsp3) is 0.0566. The van der Waals surface area contributed by atoms with Gasteiger partial charge in [-0.3, -0.25) is 0 Å². The maximum absolute atomic E-state index is 2.42. The third-order valence-corrected chi connectivity index (χ3v) is 13.0. The zero-order chi connectivity index (χ0) is 36.7. The third kappa shape index (κ3) is 5.13. The quantitative estimate of drug-likeness (QED) is 0.171. The van der Waals surface area contributed by atoms with Crippen molar-refractivity contribution < 1.29 is 0 Å². The van der Waals surface area contributed by atoms with E-state index in [4.69, 9.17) is 0 Å². The SMILES string of the molecule is CC1(C)c2ccccc2-c2ccc(N(c3ccc(-c4ccc5cc6c(cc5c4)sc4ccccc46)cc3)c3ccc(-c4cccc5ccccc45)cc3)cc21. The Labute approximate surface area is 325 Å². The second-order valence-electron chi connectivity index (χ2n) is 15.4. The maximum Gasteiger partial charge on any atom is 0.0465 e. The molecule has 1 aliphatic carbocycles. The van der Waals surface area contributed by atoms with Gasteiger partial charge in [-0.05, 0) is 127 Å². The Morgan fingerprint density at radius 3 is 1.84 bits per heavy atom. The van der Waals surface area contributed by atoms with Crippen molar-refractivity contribution in [2.24, 2.45) is 0 Å². The van der Waals surface area contributed by atoms with Crippen LogP contribution in [0.25, 0.3) is 75.1 Å². The molecule has 1 aromatic heterocycles. The van der Waals surface area contributed by atoms with Crippen LogP contribution >= 0.6 is 11.3 Å². The van der Waals surface area contributed by atoms with Gasteiger partial charge in [-0.1, -0.05) is 141 Å². The van der Waals surface area contributed by atoms with Crippen LogP contribution in [-0.2, 0) is 5.41 Å². The Bertz CT molecular complexity index is 3110. The van der Waals surface area contributed by atoms with Crippen LogP contribution < -0.4 is 4.90 Å². The molecule has 0 aliphatic heterocycles. The maximum atomic E-state index is 2.42. The number of benzene rings is 9. The molecule has 260 valence electrons. The van der Waals surface area contributed by atoms with Crippen LogP contribution in [0.1, 0.15) is 25.0 Å². The molecule has 0 N–H and O–H groups in total. The van der Waals surface area contributed by atoms with E-state index in [1.807, 2.05) is 11.3 Å². The van der Waals surface area contributed by atoms with E-state index < -0.39 is 0 Å². The van der Waals surface area contributed by atoms with Gasteiger partial charge in [0.25, 0.3) is 0 Å². The van der Waals surface area contributed by atoms with Gasteiger partial charge >= 0.3 is 0 Å². The zero-order valence-corrected chi connectivity index (χ0v) is 31.6. The molecule has 0 radical (unpaired) electrons. The van der Waals surface area contributed by atoms with Crippen LogP contribution in [0.3, 0.4) is 0 Å². The summed E-state index contributed by atoms with van der Waals surface area (Å²) in [6.45, 7) is 4.71. The summed E-state index contributed by atoms with van der Waals surface area (Å²) in [6.07, 6.45) is 0. The highest BCUT2D eigenvalue weighted by atomic mass is 32.1. The van der Waals surface area contributed by atoms with Crippen LogP contribution in [0.2, 0.25) is 0 Å². The van der Waals surface area contributed by atoms with E-state index >= 15 is 0 Å². The van der Waals surface area contributed by atoms with Crippen molar-refractivity contribution in [2.75, 3.05) is 4.90 Å². The van der Waals surface area contributed by atoms with Gasteiger partial charge in [0.2, 0.25) is 0 Å². The van der Waals surface area contributed by atoms with Gasteiger partial charge in [-0.2, -0.15) is 0 Å². The fourth-order valence-electron chi connectivity index (χ4n) is 9.00. The van der Waals surface area contributed by atoms with Gasteiger partial charge in [-0.25, -0.2) is 0 Å². The Hall–Kier alpha value is -6.48. The fourth-order valence-corrected chi connectivity index (χ4v) is 10.1. The van der Waals surface area contributed by atoms with Crippen LogP contribution in [0, 0.1) is 0 Å². The van der Waals surface area contributed by atoms with Gasteiger partial charge < -0.3 is 4.90 Å². The van der Waals surface area contributed by atoms with Crippen molar-refractivity contribution in [3.8, 4) is 33.4 Å². The summed E-state index contributed by atoms with van der Waals surface area (Å²) >= 11 is 1.88. The number of anilines is 3. The number of hydrogen-bond donors (Lipinski definition) is 0. The summed E-state index contributed by atoms with van der Waals surface area (Å²) in [5.74, 6) is 0. The summed E-state index contributed by atoms with van der Waals surface area (Å²) < 4.78 is 2.68. The molecular formula is C53H37NS. The smallest absolute Gasteiger partial charge is 0.0465 e.